The minimum absolute atomic E-state index is 0.0329. The smallest absolute Gasteiger partial charge is 0.348 e. The molecule has 3 aromatic rings. The number of anilines is 2. The lowest BCUT2D eigenvalue weighted by Crippen LogP contribution is -2.44. The molecule has 3 heterocycles. The summed E-state index contributed by atoms with van der Waals surface area (Å²) >= 11 is 6.24. The zero-order valence-corrected chi connectivity index (χ0v) is 25.0. The Labute approximate surface area is 246 Å². The second-order valence-electron chi connectivity index (χ2n) is 12.0. The maximum absolute atomic E-state index is 13.4. The lowest BCUT2D eigenvalue weighted by atomic mass is 9.92. The minimum Gasteiger partial charge on any atom is -0.489 e. The van der Waals surface area contributed by atoms with Gasteiger partial charge in [-0.3, -0.25) is 0 Å². The van der Waals surface area contributed by atoms with E-state index in [4.69, 9.17) is 25.8 Å². The van der Waals surface area contributed by atoms with Crippen molar-refractivity contribution in [1.29, 1.82) is 0 Å². The SMILES string of the molecule is CN1CCC(Oc2cc(OC(C(=O)OC(C)(C)C)C3CCNCC3)cc3ncnc(Nc4cccc(Cl)c4)c23)CC1. The molecule has 0 radical (unpaired) electrons. The molecule has 2 aliphatic heterocycles. The number of fused-ring (bicyclic) bond motifs is 1. The highest BCUT2D eigenvalue weighted by atomic mass is 35.5. The maximum Gasteiger partial charge on any atom is 0.348 e. The number of likely N-dealkylation sites (tertiary alicyclic amines) is 1. The summed E-state index contributed by atoms with van der Waals surface area (Å²) in [7, 11) is 2.12. The predicted octanol–water partition coefficient (Wildman–Crippen LogP) is 5.59. The first-order valence-corrected chi connectivity index (χ1v) is 14.8. The zero-order valence-electron chi connectivity index (χ0n) is 24.3. The predicted molar refractivity (Wildman–Crippen MR) is 161 cm³/mol. The summed E-state index contributed by atoms with van der Waals surface area (Å²) in [5.74, 6) is 1.42. The fraction of sp³-hybridized carbons (Fsp3) is 0.516. The van der Waals surface area contributed by atoms with Crippen molar-refractivity contribution in [3.8, 4) is 11.5 Å². The Bertz CT molecular complexity index is 1350. The first-order chi connectivity index (χ1) is 19.6. The van der Waals surface area contributed by atoms with Crippen molar-refractivity contribution in [1.82, 2.24) is 20.2 Å². The van der Waals surface area contributed by atoms with Crippen LogP contribution < -0.4 is 20.1 Å². The number of carbonyl (C=O) groups is 1. The molecular weight excluding hydrogens is 542 g/mol. The Morgan fingerprint density at radius 2 is 1.85 bits per heavy atom. The van der Waals surface area contributed by atoms with Crippen molar-refractivity contribution in [3.63, 3.8) is 0 Å². The summed E-state index contributed by atoms with van der Waals surface area (Å²) in [5.41, 5.74) is 0.836. The van der Waals surface area contributed by atoms with Gasteiger partial charge in [0.15, 0.2) is 6.10 Å². The molecule has 2 N–H and O–H groups in total. The van der Waals surface area contributed by atoms with E-state index in [-0.39, 0.29) is 18.0 Å². The topological polar surface area (TPSA) is 97.8 Å². The van der Waals surface area contributed by atoms with Crippen LogP contribution in [0.25, 0.3) is 10.9 Å². The van der Waals surface area contributed by atoms with E-state index in [1.165, 1.54) is 6.33 Å². The van der Waals surface area contributed by atoms with Crippen molar-refractivity contribution < 1.29 is 19.0 Å². The average Bonchev–Trinajstić information content (AvgIpc) is 2.92. The number of carbonyl (C=O) groups excluding carboxylic acids is 1. The lowest BCUT2D eigenvalue weighted by molar-refractivity contribution is -0.166. The number of halogens is 1. The van der Waals surface area contributed by atoms with Gasteiger partial charge in [0.1, 0.15) is 35.3 Å². The van der Waals surface area contributed by atoms with Crippen LogP contribution in [0.2, 0.25) is 5.02 Å². The molecule has 41 heavy (non-hydrogen) atoms. The molecule has 0 spiro atoms. The van der Waals surface area contributed by atoms with Gasteiger partial charge in [0.05, 0.1) is 10.9 Å². The van der Waals surface area contributed by atoms with Gasteiger partial charge in [0, 0.05) is 41.9 Å². The van der Waals surface area contributed by atoms with Gasteiger partial charge >= 0.3 is 5.97 Å². The quantitative estimate of drug-likeness (QED) is 0.330. The van der Waals surface area contributed by atoms with Crippen LogP contribution in [0.1, 0.15) is 46.5 Å². The third-order valence-electron chi connectivity index (χ3n) is 7.44. The number of rotatable bonds is 8. The van der Waals surface area contributed by atoms with Gasteiger partial charge in [-0.2, -0.15) is 0 Å². The number of nitrogens with zero attached hydrogens (tertiary/aromatic N) is 3. The number of hydrogen-bond acceptors (Lipinski definition) is 9. The fourth-order valence-electron chi connectivity index (χ4n) is 5.36. The molecule has 1 atom stereocenters. The van der Waals surface area contributed by atoms with Crippen LogP contribution in [0.4, 0.5) is 11.5 Å². The third-order valence-corrected chi connectivity index (χ3v) is 7.67. The van der Waals surface area contributed by atoms with Crippen molar-refractivity contribution in [2.24, 2.45) is 5.92 Å². The van der Waals surface area contributed by atoms with E-state index >= 15 is 0 Å². The van der Waals surface area contributed by atoms with Gasteiger partial charge < -0.3 is 29.7 Å². The second-order valence-corrected chi connectivity index (χ2v) is 12.4. The highest BCUT2D eigenvalue weighted by molar-refractivity contribution is 6.30. The van der Waals surface area contributed by atoms with Gasteiger partial charge in [-0.1, -0.05) is 17.7 Å². The molecule has 2 saturated heterocycles. The number of aromatic nitrogens is 2. The second kappa shape index (κ2) is 12.8. The van der Waals surface area contributed by atoms with E-state index in [2.05, 4.69) is 32.5 Å². The summed E-state index contributed by atoms with van der Waals surface area (Å²) < 4.78 is 19.0. The first-order valence-electron chi connectivity index (χ1n) is 14.4. The third kappa shape index (κ3) is 7.78. The largest absolute Gasteiger partial charge is 0.489 e. The fourth-order valence-corrected chi connectivity index (χ4v) is 5.55. The van der Waals surface area contributed by atoms with Crippen molar-refractivity contribution >= 4 is 40.0 Å². The summed E-state index contributed by atoms with van der Waals surface area (Å²) in [4.78, 5) is 24.8. The highest BCUT2D eigenvalue weighted by Gasteiger charge is 2.35. The Morgan fingerprint density at radius 1 is 1.10 bits per heavy atom. The van der Waals surface area contributed by atoms with Crippen LogP contribution in [-0.4, -0.2) is 71.9 Å². The molecule has 2 aromatic carbocycles. The van der Waals surface area contributed by atoms with Crippen molar-refractivity contribution in [3.05, 3.63) is 47.7 Å². The molecule has 5 rings (SSSR count). The standard InChI is InChI=1S/C31H40ClN5O4/c1-31(2,3)41-30(38)28(20-8-12-33-13-9-20)40-24-17-25-27(26(18-24)39-23-10-14-37(4)15-11-23)29(35-19-34-25)36-22-7-5-6-21(32)16-22/h5-7,16-20,23,28,33H,8-15H2,1-4H3,(H,34,35,36). The molecule has 0 saturated carbocycles. The Morgan fingerprint density at radius 3 is 2.56 bits per heavy atom. The van der Waals surface area contributed by atoms with Crippen molar-refractivity contribution in [2.75, 3.05) is 38.5 Å². The van der Waals surface area contributed by atoms with Gasteiger partial charge in [-0.15, -0.1) is 0 Å². The van der Waals surface area contributed by atoms with Gasteiger partial charge in [-0.25, -0.2) is 14.8 Å². The van der Waals surface area contributed by atoms with Crippen LogP contribution >= 0.6 is 11.6 Å². The summed E-state index contributed by atoms with van der Waals surface area (Å²) in [6, 6.07) is 11.2. The van der Waals surface area contributed by atoms with Crippen LogP contribution in [0.15, 0.2) is 42.7 Å². The monoisotopic (exact) mass is 581 g/mol. The Hall–Kier alpha value is -3.14. The number of ether oxygens (including phenoxy) is 3. The highest BCUT2D eigenvalue weighted by Crippen LogP contribution is 2.38. The number of benzene rings is 2. The molecule has 2 aliphatic rings. The summed E-state index contributed by atoms with van der Waals surface area (Å²) in [6.07, 6.45) is 4.27. The maximum atomic E-state index is 13.4. The van der Waals surface area contributed by atoms with Gasteiger partial charge in [0.25, 0.3) is 0 Å². The average molecular weight is 582 g/mol. The van der Waals surface area contributed by atoms with Gasteiger partial charge in [0.2, 0.25) is 0 Å². The number of hydrogen-bond donors (Lipinski definition) is 2. The Kier molecular flexibility index (Phi) is 9.16. The van der Waals surface area contributed by atoms with E-state index in [9.17, 15) is 4.79 Å². The molecule has 2 fully saturated rings. The number of piperidine rings is 2. The Balaban J connectivity index is 1.52. The first kappa shape index (κ1) is 29.4. The zero-order chi connectivity index (χ0) is 29.0. The molecule has 0 bridgehead atoms. The molecule has 220 valence electrons. The molecule has 1 unspecified atom stereocenters. The molecule has 10 heteroatoms. The molecule has 9 nitrogen and oxygen atoms in total. The summed E-state index contributed by atoms with van der Waals surface area (Å²) in [6.45, 7) is 9.21. The van der Waals surface area contributed by atoms with Gasteiger partial charge in [-0.05, 0) is 84.8 Å². The van der Waals surface area contributed by atoms with Crippen LogP contribution in [0.5, 0.6) is 11.5 Å². The molecular formula is C31H40ClN5O4. The lowest BCUT2D eigenvalue weighted by Gasteiger charge is -2.32. The normalized spacial score (nSPS) is 18.2. The number of nitrogens with one attached hydrogen (secondary N) is 2. The van der Waals surface area contributed by atoms with E-state index in [1.807, 2.05) is 57.2 Å². The van der Waals surface area contributed by atoms with E-state index in [1.54, 1.807) is 0 Å². The van der Waals surface area contributed by atoms with E-state index in [0.717, 1.165) is 62.9 Å². The minimum atomic E-state index is -0.740. The van der Waals surface area contributed by atoms with E-state index in [0.29, 0.717) is 27.9 Å². The molecule has 0 amide bonds. The van der Waals surface area contributed by atoms with Crippen LogP contribution in [0.3, 0.4) is 0 Å². The van der Waals surface area contributed by atoms with Crippen LogP contribution in [-0.2, 0) is 9.53 Å². The van der Waals surface area contributed by atoms with Crippen molar-refractivity contribution in [2.45, 2.75) is 64.3 Å². The molecule has 0 aliphatic carbocycles. The summed E-state index contributed by atoms with van der Waals surface area (Å²) in [5, 5.41) is 8.12. The van der Waals surface area contributed by atoms with E-state index < -0.39 is 11.7 Å². The van der Waals surface area contributed by atoms with Crippen LogP contribution in [0, 0.1) is 5.92 Å². The number of esters is 1. The molecule has 1 aromatic heterocycles.